The normalized spacial score (nSPS) is 13.4. The highest BCUT2D eigenvalue weighted by Gasteiger charge is 2.27. The topological polar surface area (TPSA) is 103 Å². The molecule has 0 spiro atoms. The van der Waals surface area contributed by atoms with E-state index in [0.29, 0.717) is 30.3 Å². The van der Waals surface area contributed by atoms with Gasteiger partial charge in [-0.2, -0.15) is 0 Å². The summed E-state index contributed by atoms with van der Waals surface area (Å²) in [5, 5.41) is 4.05. The van der Waals surface area contributed by atoms with Crippen molar-refractivity contribution in [3.63, 3.8) is 0 Å². The van der Waals surface area contributed by atoms with Crippen molar-refractivity contribution in [1.29, 1.82) is 0 Å². The predicted molar refractivity (Wildman–Crippen MR) is 110 cm³/mol. The first-order chi connectivity index (χ1) is 14.4. The Labute approximate surface area is 173 Å². The molecule has 2 N–H and O–H groups in total. The largest absolute Gasteiger partial charge is 0.493 e. The highest BCUT2D eigenvalue weighted by Crippen LogP contribution is 2.29. The summed E-state index contributed by atoms with van der Waals surface area (Å²) in [6.07, 6.45) is 1.37. The van der Waals surface area contributed by atoms with Gasteiger partial charge in [-0.25, -0.2) is 4.79 Å². The smallest absolute Gasteiger partial charge is 0.328 e. The molecule has 8 heteroatoms. The van der Waals surface area contributed by atoms with Crippen molar-refractivity contribution in [3.05, 3.63) is 58.7 Å². The van der Waals surface area contributed by atoms with Crippen LogP contribution in [0.1, 0.15) is 16.7 Å². The number of hydrogen-bond acceptors (Lipinski definition) is 6. The van der Waals surface area contributed by atoms with Crippen molar-refractivity contribution in [2.45, 2.75) is 13.8 Å². The van der Waals surface area contributed by atoms with Gasteiger partial charge in [0.25, 0.3) is 11.8 Å². The first-order valence-corrected chi connectivity index (χ1v) is 9.26. The van der Waals surface area contributed by atoms with Gasteiger partial charge in [0.15, 0.2) is 11.5 Å². The van der Waals surface area contributed by atoms with E-state index in [-0.39, 0.29) is 5.57 Å². The Morgan fingerprint density at radius 2 is 1.47 bits per heavy atom. The van der Waals surface area contributed by atoms with Crippen LogP contribution in [-0.4, -0.2) is 38.2 Å². The number of carbonyl (C=O) groups excluding carboxylic acids is 3. The number of ether oxygens (including phenoxy) is 3. The Kier molecular flexibility index (Phi) is 6.36. The maximum absolute atomic E-state index is 11.8. The first kappa shape index (κ1) is 20.9. The fourth-order valence-corrected chi connectivity index (χ4v) is 2.93. The third kappa shape index (κ3) is 4.96. The van der Waals surface area contributed by atoms with Crippen LogP contribution in [0.25, 0.3) is 6.08 Å². The molecule has 4 amide bonds. The number of rotatable bonds is 7. The number of nitrogens with one attached hydrogen (secondary N) is 2. The van der Waals surface area contributed by atoms with Gasteiger partial charge in [-0.1, -0.05) is 23.8 Å². The fraction of sp³-hybridized carbons (Fsp3) is 0.227. The summed E-state index contributed by atoms with van der Waals surface area (Å²) in [6.45, 7) is 4.67. The van der Waals surface area contributed by atoms with E-state index in [1.165, 1.54) is 18.7 Å². The summed E-state index contributed by atoms with van der Waals surface area (Å²) in [7, 11) is 1.49. The molecule has 1 aliphatic rings. The van der Waals surface area contributed by atoms with Gasteiger partial charge in [0.05, 0.1) is 7.11 Å². The molecule has 8 nitrogen and oxygen atoms in total. The Balaban J connectivity index is 1.64. The quantitative estimate of drug-likeness (QED) is 0.413. The molecular weight excluding hydrogens is 388 g/mol. The molecule has 0 unspecified atom stereocenters. The number of imide groups is 2. The van der Waals surface area contributed by atoms with Crippen LogP contribution in [-0.2, 0) is 9.59 Å². The van der Waals surface area contributed by atoms with E-state index in [2.05, 4.69) is 6.07 Å². The van der Waals surface area contributed by atoms with Crippen LogP contribution in [0.3, 0.4) is 0 Å². The number of benzene rings is 2. The SMILES string of the molecule is COc1cc(C=C2C(=O)NC(=O)NC2=O)ccc1OCCOc1ccc(C)cc1C. The predicted octanol–water partition coefficient (Wildman–Crippen LogP) is 2.52. The lowest BCUT2D eigenvalue weighted by Crippen LogP contribution is -2.51. The van der Waals surface area contributed by atoms with E-state index in [0.717, 1.165) is 11.3 Å². The number of methoxy groups -OCH3 is 1. The van der Waals surface area contributed by atoms with Crippen LogP contribution in [0.4, 0.5) is 4.79 Å². The molecule has 156 valence electrons. The van der Waals surface area contributed by atoms with Crippen LogP contribution in [0.15, 0.2) is 42.0 Å². The van der Waals surface area contributed by atoms with Crippen molar-refractivity contribution in [1.82, 2.24) is 10.6 Å². The van der Waals surface area contributed by atoms with Crippen molar-refractivity contribution in [2.75, 3.05) is 20.3 Å². The third-order valence-corrected chi connectivity index (χ3v) is 4.37. The molecule has 0 bridgehead atoms. The van der Waals surface area contributed by atoms with Gasteiger partial charge < -0.3 is 14.2 Å². The molecule has 0 aliphatic carbocycles. The molecule has 30 heavy (non-hydrogen) atoms. The van der Waals surface area contributed by atoms with E-state index in [4.69, 9.17) is 14.2 Å². The maximum Gasteiger partial charge on any atom is 0.328 e. The van der Waals surface area contributed by atoms with Gasteiger partial charge in [0.2, 0.25) is 0 Å². The second-order valence-electron chi connectivity index (χ2n) is 6.67. The summed E-state index contributed by atoms with van der Waals surface area (Å²) in [6, 6.07) is 10.1. The number of carbonyl (C=O) groups is 3. The second kappa shape index (κ2) is 9.13. The monoisotopic (exact) mass is 410 g/mol. The summed E-state index contributed by atoms with van der Waals surface area (Å²) in [5.41, 5.74) is 2.60. The van der Waals surface area contributed by atoms with Gasteiger partial charge in [-0.05, 0) is 49.2 Å². The Bertz CT molecular complexity index is 1010. The third-order valence-electron chi connectivity index (χ3n) is 4.37. The molecule has 0 saturated carbocycles. The number of barbiturate groups is 1. The van der Waals surface area contributed by atoms with Gasteiger partial charge in [0.1, 0.15) is 24.5 Å². The first-order valence-electron chi connectivity index (χ1n) is 9.26. The molecule has 1 aliphatic heterocycles. The van der Waals surface area contributed by atoms with E-state index in [1.54, 1.807) is 18.2 Å². The van der Waals surface area contributed by atoms with E-state index < -0.39 is 17.8 Å². The lowest BCUT2D eigenvalue weighted by atomic mass is 10.1. The molecule has 2 aromatic carbocycles. The molecule has 1 heterocycles. The summed E-state index contributed by atoms with van der Waals surface area (Å²) < 4.78 is 16.8. The van der Waals surface area contributed by atoms with Crippen LogP contribution in [0.2, 0.25) is 0 Å². The number of aryl methyl sites for hydroxylation is 2. The highest BCUT2D eigenvalue weighted by molar-refractivity contribution is 6.31. The minimum atomic E-state index is -0.841. The number of amides is 4. The van der Waals surface area contributed by atoms with Crippen LogP contribution in [0, 0.1) is 13.8 Å². The highest BCUT2D eigenvalue weighted by atomic mass is 16.5. The zero-order valence-electron chi connectivity index (χ0n) is 16.9. The van der Waals surface area contributed by atoms with Crippen LogP contribution in [0.5, 0.6) is 17.2 Å². The van der Waals surface area contributed by atoms with Crippen molar-refractivity contribution >= 4 is 23.9 Å². The lowest BCUT2D eigenvalue weighted by Gasteiger charge is -2.15. The maximum atomic E-state index is 11.8. The lowest BCUT2D eigenvalue weighted by molar-refractivity contribution is -0.123. The zero-order chi connectivity index (χ0) is 21.7. The fourth-order valence-electron chi connectivity index (χ4n) is 2.93. The average molecular weight is 410 g/mol. The van der Waals surface area contributed by atoms with E-state index in [1.807, 2.05) is 36.6 Å². The molecule has 2 aromatic rings. The summed E-state index contributed by atoms with van der Waals surface area (Å²) in [5.74, 6) is 0.221. The minimum Gasteiger partial charge on any atom is -0.493 e. The molecule has 0 radical (unpaired) electrons. The van der Waals surface area contributed by atoms with E-state index >= 15 is 0 Å². The molecule has 0 atom stereocenters. The number of hydrogen-bond donors (Lipinski definition) is 2. The zero-order valence-corrected chi connectivity index (χ0v) is 16.9. The van der Waals surface area contributed by atoms with Gasteiger partial charge >= 0.3 is 6.03 Å². The average Bonchev–Trinajstić information content (AvgIpc) is 2.69. The van der Waals surface area contributed by atoms with Gasteiger partial charge in [-0.15, -0.1) is 0 Å². The van der Waals surface area contributed by atoms with Gasteiger partial charge in [-0.3, -0.25) is 20.2 Å². The van der Waals surface area contributed by atoms with Gasteiger partial charge in [0, 0.05) is 0 Å². The standard InChI is InChI=1S/C22H22N2O6/c1-13-4-6-17(14(2)10-13)29-8-9-30-18-7-5-15(12-19(18)28-3)11-16-20(25)23-22(27)24-21(16)26/h4-7,10-12H,8-9H2,1-3H3,(H2,23,24,25,26,27). The summed E-state index contributed by atoms with van der Waals surface area (Å²) >= 11 is 0. The van der Waals surface area contributed by atoms with Crippen LogP contribution < -0.4 is 24.8 Å². The molecule has 3 rings (SSSR count). The second-order valence-corrected chi connectivity index (χ2v) is 6.67. The van der Waals surface area contributed by atoms with Crippen molar-refractivity contribution in [3.8, 4) is 17.2 Å². The molecular formula is C22H22N2O6. The van der Waals surface area contributed by atoms with E-state index in [9.17, 15) is 14.4 Å². The molecule has 1 saturated heterocycles. The Hall–Kier alpha value is -3.81. The van der Waals surface area contributed by atoms with Crippen molar-refractivity contribution in [2.24, 2.45) is 0 Å². The molecule has 0 aromatic heterocycles. The summed E-state index contributed by atoms with van der Waals surface area (Å²) in [4.78, 5) is 34.8. The van der Waals surface area contributed by atoms with Crippen molar-refractivity contribution < 1.29 is 28.6 Å². The number of urea groups is 1. The molecule has 1 fully saturated rings. The Morgan fingerprint density at radius 1 is 0.833 bits per heavy atom. The van der Waals surface area contributed by atoms with Crippen LogP contribution >= 0.6 is 0 Å². The Morgan fingerprint density at radius 3 is 2.10 bits per heavy atom. The minimum absolute atomic E-state index is 0.174.